The van der Waals surface area contributed by atoms with E-state index >= 15 is 0 Å². The van der Waals surface area contributed by atoms with Crippen molar-refractivity contribution in [3.63, 3.8) is 0 Å². The van der Waals surface area contributed by atoms with Crippen LogP contribution in [0.25, 0.3) is 0 Å². The number of nitrogens with zero attached hydrogens (tertiary/aromatic N) is 7. The molecule has 0 bridgehead atoms. The van der Waals surface area contributed by atoms with E-state index in [1.807, 2.05) is 17.0 Å². The highest BCUT2D eigenvalue weighted by Gasteiger charge is 2.27. The van der Waals surface area contributed by atoms with Gasteiger partial charge in [0.05, 0.1) is 38.5 Å². The molecule has 2 aliphatic heterocycles. The van der Waals surface area contributed by atoms with E-state index in [1.165, 1.54) is 25.6 Å². The maximum absolute atomic E-state index is 13.2. The summed E-state index contributed by atoms with van der Waals surface area (Å²) in [7, 11) is 1.33. The standard InChI is InChI=1S/C24H30FN9O3/c1-36-21(35)20(19-14-26-16-27-19)28-22-29-23(31-24(30-22)34-10-12-37-13-11-34)33-8-6-32(7-9-33)15-17-2-4-18(25)5-3-17/h2-5,14,16,20H,6-13,15H2,1H3,(H,26,27)(H,28,29,30,31)/t20-/m0/s1. The Morgan fingerprint density at radius 1 is 1.05 bits per heavy atom. The fourth-order valence-electron chi connectivity index (χ4n) is 4.35. The number of carbonyl (C=O) groups is 1. The van der Waals surface area contributed by atoms with E-state index in [0.717, 1.165) is 25.2 Å². The molecule has 0 saturated carbocycles. The fraction of sp³-hybridized carbons (Fsp3) is 0.458. The normalized spacial score (nSPS) is 17.5. The first-order valence-electron chi connectivity index (χ1n) is 12.2. The van der Waals surface area contributed by atoms with Gasteiger partial charge in [-0.05, 0) is 17.7 Å². The number of morpholine rings is 1. The Hall–Kier alpha value is -3.84. The highest BCUT2D eigenvalue weighted by molar-refractivity contribution is 5.79. The summed E-state index contributed by atoms with van der Waals surface area (Å²) in [5.41, 5.74) is 1.61. The van der Waals surface area contributed by atoms with Gasteiger partial charge in [-0.15, -0.1) is 0 Å². The van der Waals surface area contributed by atoms with Gasteiger partial charge in [0.1, 0.15) is 5.82 Å². The lowest BCUT2D eigenvalue weighted by atomic mass is 10.2. The zero-order valence-electron chi connectivity index (χ0n) is 20.6. The number of hydrogen-bond acceptors (Lipinski definition) is 11. The molecule has 5 rings (SSSR count). The number of aromatic nitrogens is 5. The second-order valence-corrected chi connectivity index (χ2v) is 8.86. The lowest BCUT2D eigenvalue weighted by Crippen LogP contribution is -2.47. The largest absolute Gasteiger partial charge is 0.467 e. The SMILES string of the molecule is COC(=O)[C@@H](Nc1nc(N2CCOCC2)nc(N2CCN(Cc3ccc(F)cc3)CC2)n1)c1cnc[nH]1. The van der Waals surface area contributed by atoms with Crippen molar-refractivity contribution in [1.29, 1.82) is 0 Å². The lowest BCUT2D eigenvalue weighted by Gasteiger charge is -2.35. The number of hydrogen-bond donors (Lipinski definition) is 2. The Labute approximate surface area is 213 Å². The molecule has 2 aliphatic rings. The van der Waals surface area contributed by atoms with Crippen molar-refractivity contribution >= 4 is 23.8 Å². The Morgan fingerprint density at radius 2 is 1.73 bits per heavy atom. The predicted molar refractivity (Wildman–Crippen MR) is 134 cm³/mol. The third-order valence-corrected chi connectivity index (χ3v) is 6.42. The van der Waals surface area contributed by atoms with E-state index in [4.69, 9.17) is 14.5 Å². The lowest BCUT2D eigenvalue weighted by molar-refractivity contribution is -0.141. The molecule has 0 aliphatic carbocycles. The zero-order chi connectivity index (χ0) is 25.6. The van der Waals surface area contributed by atoms with Gasteiger partial charge in [-0.2, -0.15) is 15.0 Å². The first-order valence-corrected chi connectivity index (χ1v) is 12.2. The predicted octanol–water partition coefficient (Wildman–Crippen LogP) is 1.22. The summed E-state index contributed by atoms with van der Waals surface area (Å²) < 4.78 is 23.7. The van der Waals surface area contributed by atoms with Gasteiger partial charge in [0, 0.05) is 45.8 Å². The zero-order valence-corrected chi connectivity index (χ0v) is 20.6. The molecular formula is C24H30FN9O3. The van der Waals surface area contributed by atoms with Crippen molar-refractivity contribution in [2.75, 3.05) is 74.7 Å². The smallest absolute Gasteiger partial charge is 0.334 e. The Balaban J connectivity index is 1.34. The minimum Gasteiger partial charge on any atom is -0.467 e. The van der Waals surface area contributed by atoms with Crippen LogP contribution >= 0.6 is 0 Å². The third-order valence-electron chi connectivity index (χ3n) is 6.42. The number of anilines is 3. The summed E-state index contributed by atoms with van der Waals surface area (Å²) in [6.07, 6.45) is 3.05. The highest BCUT2D eigenvalue weighted by atomic mass is 19.1. The topological polar surface area (TPSA) is 125 Å². The molecule has 0 amide bonds. The van der Waals surface area contributed by atoms with Gasteiger partial charge < -0.3 is 29.6 Å². The minimum absolute atomic E-state index is 0.231. The van der Waals surface area contributed by atoms with Gasteiger partial charge in [0.2, 0.25) is 17.8 Å². The molecule has 0 radical (unpaired) electrons. The quantitative estimate of drug-likeness (QED) is 0.424. The molecule has 3 aromatic rings. The fourth-order valence-corrected chi connectivity index (χ4v) is 4.35. The Morgan fingerprint density at radius 3 is 2.35 bits per heavy atom. The minimum atomic E-state index is -0.854. The summed E-state index contributed by atoms with van der Waals surface area (Å²) >= 11 is 0. The number of methoxy groups -OCH3 is 1. The van der Waals surface area contributed by atoms with Crippen LogP contribution in [-0.4, -0.2) is 95.4 Å². The number of rotatable bonds is 8. The van der Waals surface area contributed by atoms with Crippen LogP contribution < -0.4 is 15.1 Å². The molecule has 4 heterocycles. The second-order valence-electron chi connectivity index (χ2n) is 8.86. The summed E-state index contributed by atoms with van der Waals surface area (Å²) in [5.74, 6) is 0.607. The Bertz CT molecular complexity index is 1160. The molecule has 0 unspecified atom stereocenters. The first-order chi connectivity index (χ1) is 18.1. The van der Waals surface area contributed by atoms with Crippen molar-refractivity contribution in [2.24, 2.45) is 0 Å². The number of carbonyl (C=O) groups excluding carboxylic acids is 1. The molecule has 0 spiro atoms. The van der Waals surface area contributed by atoms with Crippen LogP contribution in [0.3, 0.4) is 0 Å². The third kappa shape index (κ3) is 6.12. The molecule has 37 heavy (non-hydrogen) atoms. The monoisotopic (exact) mass is 511 g/mol. The van der Waals surface area contributed by atoms with Gasteiger partial charge in [-0.3, -0.25) is 4.90 Å². The maximum atomic E-state index is 13.2. The van der Waals surface area contributed by atoms with Crippen molar-refractivity contribution in [2.45, 2.75) is 12.6 Å². The molecule has 2 aromatic heterocycles. The van der Waals surface area contributed by atoms with Crippen molar-refractivity contribution < 1.29 is 18.7 Å². The maximum Gasteiger partial charge on any atom is 0.334 e. The van der Waals surface area contributed by atoms with E-state index in [-0.39, 0.29) is 11.8 Å². The van der Waals surface area contributed by atoms with Crippen LogP contribution in [0.4, 0.5) is 22.2 Å². The Kier molecular flexibility index (Phi) is 7.70. The highest BCUT2D eigenvalue weighted by Crippen LogP contribution is 2.23. The molecule has 12 nitrogen and oxygen atoms in total. The van der Waals surface area contributed by atoms with E-state index in [0.29, 0.717) is 57.0 Å². The van der Waals surface area contributed by atoms with Crippen molar-refractivity contribution in [3.8, 4) is 0 Å². The molecular weight excluding hydrogens is 481 g/mol. The number of H-pyrrole nitrogens is 1. The van der Waals surface area contributed by atoms with Gasteiger partial charge in [-0.1, -0.05) is 12.1 Å². The van der Waals surface area contributed by atoms with Gasteiger partial charge >= 0.3 is 5.97 Å². The van der Waals surface area contributed by atoms with E-state index in [9.17, 15) is 9.18 Å². The van der Waals surface area contributed by atoms with Crippen LogP contribution in [0.15, 0.2) is 36.8 Å². The summed E-state index contributed by atoms with van der Waals surface area (Å²) in [6, 6.07) is 5.76. The molecule has 2 fully saturated rings. The number of imidazole rings is 1. The van der Waals surface area contributed by atoms with Crippen LogP contribution in [0, 0.1) is 5.82 Å². The second kappa shape index (κ2) is 11.5. The number of nitrogens with one attached hydrogen (secondary N) is 2. The van der Waals surface area contributed by atoms with Gasteiger partial charge in [0.15, 0.2) is 6.04 Å². The average molecular weight is 512 g/mol. The molecule has 1 atom stereocenters. The van der Waals surface area contributed by atoms with E-state index < -0.39 is 12.0 Å². The van der Waals surface area contributed by atoms with E-state index in [1.54, 1.807) is 6.20 Å². The summed E-state index contributed by atoms with van der Waals surface area (Å²) in [4.78, 5) is 40.0. The molecule has 2 N–H and O–H groups in total. The molecule has 13 heteroatoms. The van der Waals surface area contributed by atoms with Crippen LogP contribution in [0.5, 0.6) is 0 Å². The van der Waals surface area contributed by atoms with Gasteiger partial charge in [0.25, 0.3) is 0 Å². The van der Waals surface area contributed by atoms with Crippen LogP contribution in [-0.2, 0) is 20.8 Å². The summed E-state index contributed by atoms with van der Waals surface area (Å²) in [5, 5.41) is 3.10. The van der Waals surface area contributed by atoms with Crippen LogP contribution in [0.1, 0.15) is 17.3 Å². The molecule has 2 saturated heterocycles. The summed E-state index contributed by atoms with van der Waals surface area (Å²) in [6.45, 7) is 6.29. The number of esters is 1. The van der Waals surface area contributed by atoms with Crippen LogP contribution in [0.2, 0.25) is 0 Å². The number of ether oxygens (including phenoxy) is 2. The number of benzene rings is 1. The molecule has 196 valence electrons. The molecule has 1 aromatic carbocycles. The number of halogens is 1. The van der Waals surface area contributed by atoms with Gasteiger partial charge in [-0.25, -0.2) is 14.2 Å². The van der Waals surface area contributed by atoms with Crippen molar-refractivity contribution in [1.82, 2.24) is 29.8 Å². The number of piperazine rings is 1. The first kappa shape index (κ1) is 24.8. The van der Waals surface area contributed by atoms with Crippen molar-refractivity contribution in [3.05, 3.63) is 53.9 Å². The number of aromatic amines is 1. The van der Waals surface area contributed by atoms with E-state index in [2.05, 4.69) is 35.1 Å². The average Bonchev–Trinajstić information content (AvgIpc) is 3.48.